The van der Waals surface area contributed by atoms with Crippen LogP contribution in [0.4, 0.5) is 13.2 Å². The highest BCUT2D eigenvalue weighted by atomic mass is 28.3. The van der Waals surface area contributed by atoms with Gasteiger partial charge in [-0.3, -0.25) is 5.32 Å². The summed E-state index contributed by atoms with van der Waals surface area (Å²) in [7, 11) is -1.09. The highest BCUT2D eigenvalue weighted by molar-refractivity contribution is 6.76. The van der Waals surface area contributed by atoms with Gasteiger partial charge >= 0.3 is 6.18 Å². The quantitative estimate of drug-likeness (QED) is 0.267. The van der Waals surface area contributed by atoms with Crippen molar-refractivity contribution in [3.8, 4) is 5.75 Å². The summed E-state index contributed by atoms with van der Waals surface area (Å²) in [5, 5.41) is 3.25. The molecule has 0 radical (unpaired) electrons. The van der Waals surface area contributed by atoms with Crippen LogP contribution in [0.25, 0.3) is 0 Å². The summed E-state index contributed by atoms with van der Waals surface area (Å²) in [5.41, 5.74) is 0.298. The van der Waals surface area contributed by atoms with Gasteiger partial charge in [0.1, 0.15) is 11.9 Å². The van der Waals surface area contributed by atoms with E-state index in [2.05, 4.69) is 25.0 Å². The third-order valence-corrected chi connectivity index (χ3v) is 6.12. The Morgan fingerprint density at radius 3 is 2.21 bits per heavy atom. The van der Waals surface area contributed by atoms with Crippen LogP contribution in [-0.2, 0) is 10.9 Å². The van der Waals surface area contributed by atoms with E-state index in [4.69, 9.17) is 9.47 Å². The van der Waals surface area contributed by atoms with Gasteiger partial charge in [0.25, 0.3) is 0 Å². The van der Waals surface area contributed by atoms with Gasteiger partial charge in [0.15, 0.2) is 0 Å². The number of alkyl halides is 3. The van der Waals surface area contributed by atoms with Gasteiger partial charge in [-0.25, -0.2) is 0 Å². The minimum Gasteiger partial charge on any atom is -0.486 e. The van der Waals surface area contributed by atoms with Crippen LogP contribution < -0.4 is 10.1 Å². The van der Waals surface area contributed by atoms with Crippen LogP contribution in [0.15, 0.2) is 54.6 Å². The molecular weight excluding hydrogens is 395 g/mol. The zero-order valence-corrected chi connectivity index (χ0v) is 18.3. The molecule has 0 spiro atoms. The van der Waals surface area contributed by atoms with Crippen molar-refractivity contribution in [3.63, 3.8) is 0 Å². The predicted molar refractivity (Wildman–Crippen MR) is 113 cm³/mol. The Morgan fingerprint density at radius 1 is 0.966 bits per heavy atom. The molecule has 29 heavy (non-hydrogen) atoms. The summed E-state index contributed by atoms with van der Waals surface area (Å²) in [5.74, 6) is 0.415. The number of benzene rings is 2. The van der Waals surface area contributed by atoms with E-state index >= 15 is 0 Å². The molecule has 160 valence electrons. The normalized spacial score (nSPS) is 13.3. The van der Waals surface area contributed by atoms with Crippen molar-refractivity contribution in [1.82, 2.24) is 5.32 Å². The highest BCUT2D eigenvalue weighted by Gasteiger charge is 2.30. The monoisotopic (exact) mass is 425 g/mol. The summed E-state index contributed by atoms with van der Waals surface area (Å²) < 4.78 is 49.9. The van der Waals surface area contributed by atoms with Crippen molar-refractivity contribution in [2.24, 2.45) is 0 Å². The Balaban J connectivity index is 1.88. The molecule has 0 aliphatic rings. The predicted octanol–water partition coefficient (Wildman–Crippen LogP) is 6.12. The molecule has 0 fully saturated rings. The van der Waals surface area contributed by atoms with E-state index in [9.17, 15) is 13.2 Å². The maximum absolute atomic E-state index is 12.7. The van der Waals surface area contributed by atoms with Crippen molar-refractivity contribution in [2.45, 2.75) is 44.4 Å². The molecule has 0 heterocycles. The Morgan fingerprint density at radius 2 is 1.62 bits per heavy atom. The van der Waals surface area contributed by atoms with Gasteiger partial charge in [0.2, 0.25) is 0 Å². The van der Waals surface area contributed by atoms with Crippen molar-refractivity contribution in [1.29, 1.82) is 0 Å². The standard InChI is InChI=1S/C22H30F3NO2Si/c1-29(2,3)16-15-27-17-26-14-13-21(18-7-5-4-6-8-18)28-20-11-9-19(10-12-20)22(23,24)25/h4-12,21,26H,13-17H2,1-3H3. The Bertz CT molecular complexity index is 716. The first-order valence-corrected chi connectivity index (χ1v) is 13.5. The first-order valence-electron chi connectivity index (χ1n) is 9.82. The fourth-order valence-corrected chi connectivity index (χ4v) is 3.43. The second-order valence-electron chi connectivity index (χ2n) is 8.19. The first kappa shape index (κ1) is 23.4. The SMILES string of the molecule is C[Si](C)(C)CCOCNCCC(Oc1ccc(C(F)(F)F)cc1)c1ccccc1. The average molecular weight is 426 g/mol. The smallest absolute Gasteiger partial charge is 0.416 e. The molecular formula is C22H30F3NO2Si. The van der Waals surface area contributed by atoms with Crippen LogP contribution >= 0.6 is 0 Å². The largest absolute Gasteiger partial charge is 0.486 e. The molecule has 1 atom stereocenters. The van der Waals surface area contributed by atoms with Crippen LogP contribution in [0, 0.1) is 0 Å². The first-order chi connectivity index (χ1) is 13.6. The Hall–Kier alpha value is -1.83. The van der Waals surface area contributed by atoms with E-state index in [0.29, 0.717) is 25.4 Å². The van der Waals surface area contributed by atoms with Gasteiger partial charge in [-0.2, -0.15) is 13.2 Å². The number of hydrogen-bond donors (Lipinski definition) is 1. The number of nitrogens with one attached hydrogen (secondary N) is 1. The van der Waals surface area contributed by atoms with E-state index < -0.39 is 19.8 Å². The Labute approximate surface area is 172 Å². The summed E-state index contributed by atoms with van der Waals surface area (Å²) >= 11 is 0. The maximum atomic E-state index is 12.7. The lowest BCUT2D eigenvalue weighted by Crippen LogP contribution is -2.26. The van der Waals surface area contributed by atoms with Crippen molar-refractivity contribution in [2.75, 3.05) is 19.9 Å². The number of halogens is 3. The molecule has 2 rings (SSSR count). The van der Waals surface area contributed by atoms with Crippen molar-refractivity contribution < 1.29 is 22.6 Å². The average Bonchev–Trinajstić information content (AvgIpc) is 2.66. The van der Waals surface area contributed by atoms with Gasteiger partial charge in [0, 0.05) is 27.6 Å². The third-order valence-electron chi connectivity index (χ3n) is 4.42. The van der Waals surface area contributed by atoms with E-state index in [1.807, 2.05) is 30.3 Å². The van der Waals surface area contributed by atoms with Crippen molar-refractivity contribution >= 4 is 8.07 Å². The summed E-state index contributed by atoms with van der Waals surface area (Å²) in [4.78, 5) is 0. The van der Waals surface area contributed by atoms with Gasteiger partial charge < -0.3 is 9.47 Å². The van der Waals surface area contributed by atoms with E-state index in [1.165, 1.54) is 12.1 Å². The lowest BCUT2D eigenvalue weighted by atomic mass is 10.1. The molecule has 0 aliphatic carbocycles. The molecule has 0 bridgehead atoms. The molecule has 1 unspecified atom stereocenters. The molecule has 3 nitrogen and oxygen atoms in total. The number of hydrogen-bond acceptors (Lipinski definition) is 3. The van der Waals surface area contributed by atoms with Crippen LogP contribution in [0.1, 0.15) is 23.7 Å². The molecule has 0 saturated carbocycles. The number of rotatable bonds is 11. The molecule has 1 N–H and O–H groups in total. The molecule has 7 heteroatoms. The van der Waals surface area contributed by atoms with Crippen molar-refractivity contribution in [3.05, 3.63) is 65.7 Å². The van der Waals surface area contributed by atoms with Crippen LogP contribution in [0.3, 0.4) is 0 Å². The fraction of sp³-hybridized carbons (Fsp3) is 0.455. The highest BCUT2D eigenvalue weighted by Crippen LogP contribution is 2.31. The topological polar surface area (TPSA) is 30.5 Å². The lowest BCUT2D eigenvalue weighted by Gasteiger charge is -2.20. The molecule has 0 aliphatic heterocycles. The summed E-state index contributed by atoms with van der Waals surface area (Å²) in [6.07, 6.45) is -3.94. The molecule has 0 aromatic heterocycles. The molecule has 0 saturated heterocycles. The summed E-state index contributed by atoms with van der Waals surface area (Å²) in [6.45, 7) is 8.85. The molecule has 0 amide bonds. The van der Waals surface area contributed by atoms with Gasteiger partial charge in [-0.05, 0) is 35.9 Å². The van der Waals surface area contributed by atoms with Crippen LogP contribution in [-0.4, -0.2) is 28.0 Å². The molecule has 2 aromatic carbocycles. The second-order valence-corrected chi connectivity index (χ2v) is 13.8. The minimum atomic E-state index is -4.35. The van der Waals surface area contributed by atoms with E-state index in [-0.39, 0.29) is 6.10 Å². The van der Waals surface area contributed by atoms with Crippen LogP contribution in [0.5, 0.6) is 5.75 Å². The summed E-state index contributed by atoms with van der Waals surface area (Å²) in [6, 6.07) is 15.6. The van der Waals surface area contributed by atoms with Gasteiger partial charge in [-0.1, -0.05) is 50.0 Å². The third kappa shape index (κ3) is 9.02. The second kappa shape index (κ2) is 10.8. The van der Waals surface area contributed by atoms with E-state index in [0.717, 1.165) is 30.3 Å². The number of ether oxygens (including phenoxy) is 2. The van der Waals surface area contributed by atoms with E-state index in [1.54, 1.807) is 0 Å². The van der Waals surface area contributed by atoms with Crippen LogP contribution in [0.2, 0.25) is 25.7 Å². The zero-order valence-electron chi connectivity index (χ0n) is 17.3. The maximum Gasteiger partial charge on any atom is 0.416 e. The fourth-order valence-electron chi connectivity index (χ4n) is 2.68. The zero-order chi connectivity index (χ0) is 21.3. The lowest BCUT2D eigenvalue weighted by molar-refractivity contribution is -0.137. The molecule has 2 aromatic rings. The van der Waals surface area contributed by atoms with Gasteiger partial charge in [0.05, 0.1) is 12.3 Å². The Kier molecular flexibility index (Phi) is 8.73. The van der Waals surface area contributed by atoms with Gasteiger partial charge in [-0.15, -0.1) is 0 Å². The minimum absolute atomic E-state index is 0.262.